The standard InChI is InChI=1S/C10H20N4O/c1-8(2)6-14-10(7-15-3)9(4-5-11)12-13-14/h8H,4-7,11H2,1-3H3. The van der Waals surface area contributed by atoms with Gasteiger partial charge in [-0.05, 0) is 12.5 Å². The molecule has 5 nitrogen and oxygen atoms in total. The topological polar surface area (TPSA) is 66.0 Å². The molecule has 0 aromatic carbocycles. The number of methoxy groups -OCH3 is 1. The molecule has 0 saturated carbocycles. The van der Waals surface area contributed by atoms with Crippen LogP contribution in [-0.2, 0) is 24.3 Å². The Bertz CT molecular complexity index is 296. The molecule has 86 valence electrons. The van der Waals surface area contributed by atoms with Crippen molar-refractivity contribution < 1.29 is 4.74 Å². The summed E-state index contributed by atoms with van der Waals surface area (Å²) in [6.07, 6.45) is 0.761. The average Bonchev–Trinajstić information content (AvgIpc) is 2.51. The number of hydrogen-bond donors (Lipinski definition) is 1. The van der Waals surface area contributed by atoms with Crippen LogP contribution in [0, 0.1) is 5.92 Å². The lowest BCUT2D eigenvalue weighted by molar-refractivity contribution is 0.174. The summed E-state index contributed by atoms with van der Waals surface area (Å²) in [6.45, 7) is 6.32. The van der Waals surface area contributed by atoms with Crippen LogP contribution in [0.1, 0.15) is 25.2 Å². The van der Waals surface area contributed by atoms with E-state index in [0.29, 0.717) is 19.1 Å². The van der Waals surface area contributed by atoms with Gasteiger partial charge in [0.2, 0.25) is 0 Å². The van der Waals surface area contributed by atoms with Crippen LogP contribution in [0.4, 0.5) is 0 Å². The second-order valence-corrected chi connectivity index (χ2v) is 4.03. The zero-order valence-electron chi connectivity index (χ0n) is 9.73. The van der Waals surface area contributed by atoms with Gasteiger partial charge < -0.3 is 10.5 Å². The normalized spacial score (nSPS) is 11.3. The molecule has 0 bridgehead atoms. The number of nitrogens with two attached hydrogens (primary N) is 1. The molecule has 0 fully saturated rings. The van der Waals surface area contributed by atoms with Gasteiger partial charge in [-0.15, -0.1) is 5.10 Å². The summed E-state index contributed by atoms with van der Waals surface area (Å²) in [4.78, 5) is 0. The first-order valence-electron chi connectivity index (χ1n) is 5.29. The Kier molecular flexibility index (Phi) is 4.71. The third kappa shape index (κ3) is 3.28. The first kappa shape index (κ1) is 12.1. The van der Waals surface area contributed by atoms with Gasteiger partial charge in [0.25, 0.3) is 0 Å². The van der Waals surface area contributed by atoms with Crippen LogP contribution in [0.25, 0.3) is 0 Å². The second kappa shape index (κ2) is 5.82. The van der Waals surface area contributed by atoms with Crippen LogP contribution in [0.5, 0.6) is 0 Å². The molecule has 0 saturated heterocycles. The van der Waals surface area contributed by atoms with E-state index in [4.69, 9.17) is 10.5 Å². The summed E-state index contributed by atoms with van der Waals surface area (Å²) in [5.41, 5.74) is 7.53. The number of ether oxygens (including phenoxy) is 1. The van der Waals surface area contributed by atoms with E-state index in [2.05, 4.69) is 24.2 Å². The van der Waals surface area contributed by atoms with Crippen molar-refractivity contribution in [2.24, 2.45) is 11.7 Å². The minimum atomic E-state index is 0.549. The minimum Gasteiger partial charge on any atom is -0.378 e. The molecule has 0 aliphatic carbocycles. The second-order valence-electron chi connectivity index (χ2n) is 4.03. The zero-order chi connectivity index (χ0) is 11.3. The third-order valence-electron chi connectivity index (χ3n) is 2.12. The quantitative estimate of drug-likeness (QED) is 0.749. The predicted octanol–water partition coefficient (Wildman–Crippen LogP) is 0.582. The molecule has 0 aliphatic heterocycles. The Morgan fingerprint density at radius 2 is 2.20 bits per heavy atom. The van der Waals surface area contributed by atoms with Crippen LogP contribution in [-0.4, -0.2) is 28.6 Å². The van der Waals surface area contributed by atoms with Crippen LogP contribution >= 0.6 is 0 Å². The lowest BCUT2D eigenvalue weighted by atomic mass is 10.2. The SMILES string of the molecule is COCc1c(CCN)nnn1CC(C)C. The van der Waals surface area contributed by atoms with Gasteiger partial charge in [0, 0.05) is 20.1 Å². The summed E-state index contributed by atoms with van der Waals surface area (Å²) in [5, 5.41) is 8.26. The highest BCUT2D eigenvalue weighted by molar-refractivity contribution is 5.09. The van der Waals surface area contributed by atoms with Crippen molar-refractivity contribution in [1.82, 2.24) is 15.0 Å². The zero-order valence-corrected chi connectivity index (χ0v) is 9.73. The molecule has 0 radical (unpaired) electrons. The number of rotatable bonds is 6. The summed E-state index contributed by atoms with van der Waals surface area (Å²) < 4.78 is 7.07. The van der Waals surface area contributed by atoms with Crippen LogP contribution in [0.2, 0.25) is 0 Å². The third-order valence-corrected chi connectivity index (χ3v) is 2.12. The number of nitrogens with zero attached hydrogens (tertiary/aromatic N) is 3. The fraction of sp³-hybridized carbons (Fsp3) is 0.800. The van der Waals surface area contributed by atoms with Gasteiger partial charge in [0.15, 0.2) is 0 Å². The van der Waals surface area contributed by atoms with Crippen molar-refractivity contribution in [2.75, 3.05) is 13.7 Å². The maximum absolute atomic E-state index is 5.52. The predicted molar refractivity (Wildman–Crippen MR) is 58.3 cm³/mol. The molecule has 0 amide bonds. The fourth-order valence-electron chi connectivity index (χ4n) is 1.49. The van der Waals surface area contributed by atoms with Gasteiger partial charge in [-0.3, -0.25) is 0 Å². The lowest BCUT2D eigenvalue weighted by Gasteiger charge is -2.08. The average molecular weight is 212 g/mol. The summed E-state index contributed by atoms with van der Waals surface area (Å²) >= 11 is 0. The molecule has 2 N–H and O–H groups in total. The highest BCUT2D eigenvalue weighted by atomic mass is 16.5. The summed E-state index contributed by atoms with van der Waals surface area (Å²) in [7, 11) is 1.68. The Morgan fingerprint density at radius 1 is 1.47 bits per heavy atom. The van der Waals surface area contributed by atoms with Crippen molar-refractivity contribution in [3.05, 3.63) is 11.4 Å². The molecular formula is C10H20N4O. The largest absolute Gasteiger partial charge is 0.378 e. The van der Waals surface area contributed by atoms with Gasteiger partial charge in [0.1, 0.15) is 0 Å². The minimum absolute atomic E-state index is 0.549. The smallest absolute Gasteiger partial charge is 0.0900 e. The highest BCUT2D eigenvalue weighted by Crippen LogP contribution is 2.09. The maximum atomic E-state index is 5.52. The van der Waals surface area contributed by atoms with Crippen molar-refractivity contribution >= 4 is 0 Å². The van der Waals surface area contributed by atoms with E-state index < -0.39 is 0 Å². The van der Waals surface area contributed by atoms with E-state index in [1.165, 1.54) is 0 Å². The molecule has 1 aromatic heterocycles. The fourth-order valence-corrected chi connectivity index (χ4v) is 1.49. The van der Waals surface area contributed by atoms with Crippen molar-refractivity contribution in [2.45, 2.75) is 33.4 Å². The molecule has 1 heterocycles. The molecule has 5 heteroatoms. The molecular weight excluding hydrogens is 192 g/mol. The molecule has 15 heavy (non-hydrogen) atoms. The Labute approximate surface area is 90.6 Å². The maximum Gasteiger partial charge on any atom is 0.0900 e. The van der Waals surface area contributed by atoms with Gasteiger partial charge in [-0.25, -0.2) is 4.68 Å². The first-order chi connectivity index (χ1) is 7.19. The lowest BCUT2D eigenvalue weighted by Crippen LogP contribution is -2.12. The summed E-state index contributed by atoms with van der Waals surface area (Å²) in [6, 6.07) is 0. The van der Waals surface area contributed by atoms with Crippen LogP contribution < -0.4 is 5.73 Å². The van der Waals surface area contributed by atoms with Gasteiger partial charge in [0.05, 0.1) is 18.0 Å². The Hall–Kier alpha value is -0.940. The van der Waals surface area contributed by atoms with E-state index in [1.54, 1.807) is 7.11 Å². The molecule has 1 aromatic rings. The molecule has 0 atom stereocenters. The van der Waals surface area contributed by atoms with Crippen LogP contribution in [0.3, 0.4) is 0 Å². The Morgan fingerprint density at radius 3 is 2.73 bits per heavy atom. The number of aromatic nitrogens is 3. The van der Waals surface area contributed by atoms with Gasteiger partial charge in [-0.1, -0.05) is 19.1 Å². The van der Waals surface area contributed by atoms with Crippen molar-refractivity contribution in [3.8, 4) is 0 Å². The van der Waals surface area contributed by atoms with E-state index >= 15 is 0 Å². The highest BCUT2D eigenvalue weighted by Gasteiger charge is 2.12. The monoisotopic (exact) mass is 212 g/mol. The van der Waals surface area contributed by atoms with Crippen LogP contribution in [0.15, 0.2) is 0 Å². The van der Waals surface area contributed by atoms with Crippen molar-refractivity contribution in [3.63, 3.8) is 0 Å². The van der Waals surface area contributed by atoms with E-state index in [-0.39, 0.29) is 0 Å². The van der Waals surface area contributed by atoms with E-state index in [1.807, 2.05) is 4.68 Å². The number of hydrogen-bond acceptors (Lipinski definition) is 4. The summed E-state index contributed by atoms with van der Waals surface area (Å²) in [5.74, 6) is 0.549. The molecule has 0 aliphatic rings. The molecule has 0 spiro atoms. The van der Waals surface area contributed by atoms with E-state index in [9.17, 15) is 0 Å². The van der Waals surface area contributed by atoms with Gasteiger partial charge >= 0.3 is 0 Å². The Balaban J connectivity index is 2.84. The van der Waals surface area contributed by atoms with Crippen molar-refractivity contribution in [1.29, 1.82) is 0 Å². The molecule has 0 unspecified atom stereocenters. The molecule has 1 rings (SSSR count). The van der Waals surface area contributed by atoms with Gasteiger partial charge in [-0.2, -0.15) is 0 Å². The van der Waals surface area contributed by atoms with E-state index in [0.717, 1.165) is 24.4 Å². The first-order valence-corrected chi connectivity index (χ1v) is 5.29.